The van der Waals surface area contributed by atoms with E-state index in [9.17, 15) is 4.79 Å². The maximum Gasteiger partial charge on any atom is 0.335 e. The first-order valence-corrected chi connectivity index (χ1v) is 6.48. The molecule has 2 aromatic carbocycles. The summed E-state index contributed by atoms with van der Waals surface area (Å²) in [7, 11) is 0. The summed E-state index contributed by atoms with van der Waals surface area (Å²) in [5.41, 5.74) is 1.47. The predicted octanol–water partition coefficient (Wildman–Crippen LogP) is 3.89. The Kier molecular flexibility index (Phi) is 3.74. The van der Waals surface area contributed by atoms with Crippen LogP contribution in [-0.4, -0.2) is 17.2 Å². The molecule has 0 fully saturated rings. The van der Waals surface area contributed by atoms with Crippen LogP contribution in [0.1, 0.15) is 36.7 Å². The Hall–Kier alpha value is -2.03. The molecule has 0 heterocycles. The molecule has 0 amide bonds. The molecule has 0 aliphatic rings. The van der Waals surface area contributed by atoms with E-state index < -0.39 is 5.97 Å². The summed E-state index contributed by atoms with van der Waals surface area (Å²) in [5, 5.41) is 11.0. The van der Waals surface area contributed by atoms with Gasteiger partial charge in [0.25, 0.3) is 0 Å². The van der Waals surface area contributed by atoms with E-state index in [1.165, 1.54) is 5.56 Å². The first-order chi connectivity index (χ1) is 9.01. The molecular weight excluding hydrogens is 240 g/mol. The van der Waals surface area contributed by atoms with Crippen molar-refractivity contribution in [3.05, 3.63) is 41.5 Å². The topological polar surface area (TPSA) is 46.5 Å². The largest absolute Gasteiger partial charge is 0.490 e. The molecule has 0 atom stereocenters. The first-order valence-electron chi connectivity index (χ1n) is 6.48. The van der Waals surface area contributed by atoms with Crippen molar-refractivity contribution in [2.75, 3.05) is 0 Å². The molecule has 1 N–H and O–H groups in total. The fourth-order valence-corrected chi connectivity index (χ4v) is 2.07. The number of fused-ring (bicyclic) bond motifs is 1. The van der Waals surface area contributed by atoms with Crippen LogP contribution in [0, 0.1) is 0 Å². The van der Waals surface area contributed by atoms with Crippen molar-refractivity contribution < 1.29 is 14.6 Å². The number of carbonyl (C=O) groups is 1. The van der Waals surface area contributed by atoms with Gasteiger partial charge in [-0.3, -0.25) is 0 Å². The van der Waals surface area contributed by atoms with Crippen molar-refractivity contribution in [2.45, 2.75) is 33.3 Å². The Bertz CT molecular complexity index is 615. The molecule has 0 aliphatic carbocycles. The highest BCUT2D eigenvalue weighted by atomic mass is 16.5. The van der Waals surface area contributed by atoms with Gasteiger partial charge in [-0.2, -0.15) is 0 Å². The lowest BCUT2D eigenvalue weighted by atomic mass is 10.0. The van der Waals surface area contributed by atoms with Gasteiger partial charge in [0, 0.05) is 5.39 Å². The van der Waals surface area contributed by atoms with Crippen LogP contribution in [0.15, 0.2) is 30.3 Å². The summed E-state index contributed by atoms with van der Waals surface area (Å²) < 4.78 is 5.75. The maximum absolute atomic E-state index is 11.2. The number of benzene rings is 2. The lowest BCUT2D eigenvalue weighted by Crippen LogP contribution is -2.07. The van der Waals surface area contributed by atoms with Gasteiger partial charge in [0.2, 0.25) is 0 Å². The van der Waals surface area contributed by atoms with Crippen LogP contribution in [0.5, 0.6) is 5.75 Å². The summed E-state index contributed by atoms with van der Waals surface area (Å²) in [6, 6.07) is 9.33. The Morgan fingerprint density at radius 3 is 2.58 bits per heavy atom. The SMILES string of the molecule is CCc1ccc2cc(C(=O)O)cc(OC(C)C)c2c1. The number of carboxylic acid groups (broad SMARTS) is 1. The number of ether oxygens (including phenoxy) is 1. The Labute approximate surface area is 112 Å². The average Bonchev–Trinajstić information content (AvgIpc) is 2.37. The van der Waals surface area contributed by atoms with Gasteiger partial charge < -0.3 is 9.84 Å². The molecular formula is C16H18O3. The fourth-order valence-electron chi connectivity index (χ4n) is 2.07. The molecule has 2 aromatic rings. The van der Waals surface area contributed by atoms with Gasteiger partial charge in [0.1, 0.15) is 5.75 Å². The van der Waals surface area contributed by atoms with Crippen LogP contribution in [0.3, 0.4) is 0 Å². The average molecular weight is 258 g/mol. The molecule has 3 nitrogen and oxygen atoms in total. The second kappa shape index (κ2) is 5.31. The molecule has 3 heteroatoms. The van der Waals surface area contributed by atoms with E-state index in [1.54, 1.807) is 12.1 Å². The van der Waals surface area contributed by atoms with Crippen LogP contribution in [0.2, 0.25) is 0 Å². The molecule has 0 unspecified atom stereocenters. The van der Waals surface area contributed by atoms with Crippen LogP contribution < -0.4 is 4.74 Å². The van der Waals surface area contributed by atoms with Crippen molar-refractivity contribution >= 4 is 16.7 Å². The molecule has 0 aromatic heterocycles. The number of aryl methyl sites for hydroxylation is 1. The van der Waals surface area contributed by atoms with Gasteiger partial charge in [-0.1, -0.05) is 19.1 Å². The summed E-state index contributed by atoms with van der Waals surface area (Å²) in [5.74, 6) is -0.296. The standard InChI is InChI=1S/C16H18O3/c1-4-11-5-6-12-8-13(16(17)18)9-15(14(12)7-11)19-10(2)3/h5-10H,4H2,1-3H3,(H,17,18). The summed E-state index contributed by atoms with van der Waals surface area (Å²) in [6.45, 7) is 5.96. The molecule has 0 spiro atoms. The third kappa shape index (κ3) is 2.87. The molecule has 0 aliphatic heterocycles. The number of rotatable bonds is 4. The lowest BCUT2D eigenvalue weighted by Gasteiger charge is -2.14. The Morgan fingerprint density at radius 2 is 2.00 bits per heavy atom. The van der Waals surface area contributed by atoms with Crippen LogP contribution in [0.25, 0.3) is 10.8 Å². The predicted molar refractivity (Wildman–Crippen MR) is 76.0 cm³/mol. The quantitative estimate of drug-likeness (QED) is 0.905. The van der Waals surface area contributed by atoms with E-state index in [-0.39, 0.29) is 11.7 Å². The van der Waals surface area contributed by atoms with E-state index in [0.29, 0.717) is 5.75 Å². The smallest absolute Gasteiger partial charge is 0.335 e. The zero-order valence-corrected chi connectivity index (χ0v) is 11.4. The van der Waals surface area contributed by atoms with Crippen molar-refractivity contribution in [3.63, 3.8) is 0 Å². The monoisotopic (exact) mass is 258 g/mol. The van der Waals surface area contributed by atoms with Gasteiger partial charge in [-0.15, -0.1) is 0 Å². The van der Waals surface area contributed by atoms with Crippen LogP contribution in [-0.2, 0) is 6.42 Å². The summed E-state index contributed by atoms with van der Waals surface area (Å²) >= 11 is 0. The third-order valence-corrected chi connectivity index (χ3v) is 3.00. The lowest BCUT2D eigenvalue weighted by molar-refractivity contribution is 0.0696. The van der Waals surface area contributed by atoms with Crippen LogP contribution >= 0.6 is 0 Å². The van der Waals surface area contributed by atoms with E-state index in [0.717, 1.165) is 17.2 Å². The third-order valence-electron chi connectivity index (χ3n) is 3.00. The van der Waals surface area contributed by atoms with E-state index in [4.69, 9.17) is 9.84 Å². The van der Waals surface area contributed by atoms with Gasteiger partial charge in [0.15, 0.2) is 0 Å². The number of carboxylic acids is 1. The molecule has 19 heavy (non-hydrogen) atoms. The van der Waals surface area contributed by atoms with E-state index in [1.807, 2.05) is 26.0 Å². The van der Waals surface area contributed by atoms with E-state index in [2.05, 4.69) is 13.0 Å². The normalized spacial score (nSPS) is 10.9. The van der Waals surface area contributed by atoms with Gasteiger partial charge in [-0.05, 0) is 49.4 Å². The van der Waals surface area contributed by atoms with Crippen molar-refractivity contribution in [1.82, 2.24) is 0 Å². The van der Waals surface area contributed by atoms with Crippen LogP contribution in [0.4, 0.5) is 0 Å². The Morgan fingerprint density at radius 1 is 1.26 bits per heavy atom. The fraction of sp³-hybridized carbons (Fsp3) is 0.312. The van der Waals surface area contributed by atoms with Gasteiger partial charge in [-0.25, -0.2) is 4.79 Å². The zero-order valence-electron chi connectivity index (χ0n) is 11.4. The number of hydrogen-bond acceptors (Lipinski definition) is 2. The molecule has 0 saturated carbocycles. The molecule has 2 rings (SSSR count). The minimum absolute atomic E-state index is 0.0116. The Balaban J connectivity index is 2.67. The highest BCUT2D eigenvalue weighted by Crippen LogP contribution is 2.29. The second-order valence-corrected chi connectivity index (χ2v) is 4.86. The van der Waals surface area contributed by atoms with Gasteiger partial charge in [0.05, 0.1) is 11.7 Å². The maximum atomic E-state index is 11.2. The molecule has 0 radical (unpaired) electrons. The number of hydrogen-bond donors (Lipinski definition) is 1. The highest BCUT2D eigenvalue weighted by molar-refractivity contribution is 5.97. The van der Waals surface area contributed by atoms with E-state index >= 15 is 0 Å². The molecule has 100 valence electrons. The van der Waals surface area contributed by atoms with Crippen molar-refractivity contribution in [3.8, 4) is 5.75 Å². The minimum Gasteiger partial charge on any atom is -0.490 e. The summed E-state index contributed by atoms with van der Waals surface area (Å²) in [4.78, 5) is 11.2. The van der Waals surface area contributed by atoms with Gasteiger partial charge >= 0.3 is 5.97 Å². The first kappa shape index (κ1) is 13.4. The molecule has 0 bridgehead atoms. The second-order valence-electron chi connectivity index (χ2n) is 4.86. The summed E-state index contributed by atoms with van der Waals surface area (Å²) in [6.07, 6.45) is 0.954. The van der Waals surface area contributed by atoms with Crippen molar-refractivity contribution in [2.24, 2.45) is 0 Å². The zero-order chi connectivity index (χ0) is 14.0. The highest BCUT2D eigenvalue weighted by Gasteiger charge is 2.11. The minimum atomic E-state index is -0.935. The molecule has 0 saturated heterocycles. The number of aromatic carboxylic acids is 1. The van der Waals surface area contributed by atoms with Crippen molar-refractivity contribution in [1.29, 1.82) is 0 Å².